The van der Waals surface area contributed by atoms with Crippen molar-refractivity contribution in [3.05, 3.63) is 17.2 Å². The molecular weight excluding hydrogens is 274 g/mol. The SMILES string of the molecule is Cn1c(C2CCNC2)nc2c1CCCC2.O=C(O)C(=O)O. The Labute approximate surface area is 123 Å². The number of aryl methyl sites for hydroxylation is 1. The van der Waals surface area contributed by atoms with Crippen LogP contribution in [0.2, 0.25) is 0 Å². The van der Waals surface area contributed by atoms with E-state index in [1.54, 1.807) is 0 Å². The van der Waals surface area contributed by atoms with Crippen molar-refractivity contribution in [1.82, 2.24) is 14.9 Å². The van der Waals surface area contributed by atoms with E-state index in [1.807, 2.05) is 0 Å². The second-order valence-electron chi connectivity index (χ2n) is 5.43. The molecule has 21 heavy (non-hydrogen) atoms. The maximum Gasteiger partial charge on any atom is 0.414 e. The topological polar surface area (TPSA) is 104 Å². The van der Waals surface area contributed by atoms with E-state index in [0.717, 1.165) is 13.1 Å². The summed E-state index contributed by atoms with van der Waals surface area (Å²) in [6, 6.07) is 0. The molecule has 1 atom stereocenters. The number of nitrogens with one attached hydrogen (secondary N) is 1. The summed E-state index contributed by atoms with van der Waals surface area (Å²) in [7, 11) is 2.20. The lowest BCUT2D eigenvalue weighted by molar-refractivity contribution is -0.159. The lowest BCUT2D eigenvalue weighted by Gasteiger charge is -2.12. The van der Waals surface area contributed by atoms with E-state index in [-0.39, 0.29) is 0 Å². The molecule has 1 unspecified atom stereocenters. The van der Waals surface area contributed by atoms with Gasteiger partial charge in [0.25, 0.3) is 0 Å². The van der Waals surface area contributed by atoms with Crippen molar-refractivity contribution in [3.8, 4) is 0 Å². The number of aliphatic carboxylic acids is 2. The summed E-state index contributed by atoms with van der Waals surface area (Å²) in [6.45, 7) is 2.27. The molecule has 1 saturated heterocycles. The van der Waals surface area contributed by atoms with E-state index in [2.05, 4.69) is 16.9 Å². The molecule has 0 spiro atoms. The molecule has 1 aromatic rings. The molecule has 1 fully saturated rings. The molecule has 0 radical (unpaired) electrons. The number of carbonyl (C=O) groups is 2. The van der Waals surface area contributed by atoms with Crippen LogP contribution in [0.4, 0.5) is 0 Å². The van der Waals surface area contributed by atoms with Gasteiger partial charge in [0.15, 0.2) is 0 Å². The number of aromatic nitrogens is 2. The van der Waals surface area contributed by atoms with E-state index < -0.39 is 11.9 Å². The fourth-order valence-electron chi connectivity index (χ4n) is 2.95. The second kappa shape index (κ2) is 6.71. The van der Waals surface area contributed by atoms with Gasteiger partial charge in [0.05, 0.1) is 5.69 Å². The van der Waals surface area contributed by atoms with E-state index in [0.29, 0.717) is 5.92 Å². The molecule has 0 aromatic carbocycles. The normalized spacial score (nSPS) is 20.3. The van der Waals surface area contributed by atoms with Gasteiger partial charge in [0, 0.05) is 25.2 Å². The molecule has 2 heterocycles. The van der Waals surface area contributed by atoms with Crippen LogP contribution >= 0.6 is 0 Å². The van der Waals surface area contributed by atoms with Gasteiger partial charge in [0.2, 0.25) is 0 Å². The highest BCUT2D eigenvalue weighted by Crippen LogP contribution is 2.27. The lowest BCUT2D eigenvalue weighted by Crippen LogP contribution is -2.12. The highest BCUT2D eigenvalue weighted by Gasteiger charge is 2.25. The zero-order valence-electron chi connectivity index (χ0n) is 12.1. The minimum absolute atomic E-state index is 0.653. The van der Waals surface area contributed by atoms with Crippen molar-refractivity contribution in [1.29, 1.82) is 0 Å². The van der Waals surface area contributed by atoms with E-state index in [9.17, 15) is 0 Å². The summed E-state index contributed by atoms with van der Waals surface area (Å²) in [5.41, 5.74) is 2.88. The molecule has 116 valence electrons. The minimum Gasteiger partial charge on any atom is -0.473 e. The maximum absolute atomic E-state index is 9.10. The van der Waals surface area contributed by atoms with Gasteiger partial charge in [0.1, 0.15) is 5.82 Å². The molecule has 0 saturated carbocycles. The van der Waals surface area contributed by atoms with Crippen LogP contribution in [0.15, 0.2) is 0 Å². The molecule has 7 heteroatoms. The molecule has 3 rings (SSSR count). The average Bonchev–Trinajstić information content (AvgIpc) is 3.08. The monoisotopic (exact) mass is 295 g/mol. The summed E-state index contributed by atoms with van der Waals surface area (Å²) in [4.78, 5) is 23.1. The van der Waals surface area contributed by atoms with Crippen LogP contribution in [0.3, 0.4) is 0 Å². The number of fused-ring (bicyclic) bond motifs is 1. The number of hydrogen-bond donors (Lipinski definition) is 3. The van der Waals surface area contributed by atoms with Crippen LogP contribution in [0, 0.1) is 0 Å². The Kier molecular flexibility index (Phi) is 4.95. The Morgan fingerprint density at radius 2 is 1.90 bits per heavy atom. The van der Waals surface area contributed by atoms with Gasteiger partial charge in [-0.25, -0.2) is 14.6 Å². The third kappa shape index (κ3) is 3.60. The first kappa shape index (κ1) is 15.5. The van der Waals surface area contributed by atoms with E-state index >= 15 is 0 Å². The van der Waals surface area contributed by atoms with Crippen LogP contribution < -0.4 is 5.32 Å². The molecule has 7 nitrogen and oxygen atoms in total. The van der Waals surface area contributed by atoms with Gasteiger partial charge >= 0.3 is 11.9 Å². The highest BCUT2D eigenvalue weighted by atomic mass is 16.4. The van der Waals surface area contributed by atoms with E-state index in [1.165, 1.54) is 49.3 Å². The number of imidazole rings is 1. The zero-order chi connectivity index (χ0) is 15.4. The van der Waals surface area contributed by atoms with Crippen molar-refractivity contribution in [3.63, 3.8) is 0 Å². The van der Waals surface area contributed by atoms with Gasteiger partial charge < -0.3 is 20.1 Å². The predicted molar refractivity (Wildman–Crippen MR) is 75.3 cm³/mol. The second-order valence-corrected chi connectivity index (χ2v) is 5.43. The number of hydrogen-bond acceptors (Lipinski definition) is 4. The largest absolute Gasteiger partial charge is 0.473 e. The van der Waals surface area contributed by atoms with Crippen LogP contribution in [0.1, 0.15) is 42.4 Å². The third-order valence-electron chi connectivity index (χ3n) is 4.02. The van der Waals surface area contributed by atoms with Gasteiger partial charge in [-0.3, -0.25) is 0 Å². The third-order valence-corrected chi connectivity index (χ3v) is 4.02. The Morgan fingerprint density at radius 3 is 2.43 bits per heavy atom. The first-order valence-corrected chi connectivity index (χ1v) is 7.22. The van der Waals surface area contributed by atoms with Gasteiger partial charge in [-0.2, -0.15) is 0 Å². The summed E-state index contributed by atoms with van der Waals surface area (Å²) in [6.07, 6.45) is 6.35. The molecule has 2 aliphatic rings. The average molecular weight is 295 g/mol. The van der Waals surface area contributed by atoms with Crippen LogP contribution in [-0.2, 0) is 29.5 Å². The van der Waals surface area contributed by atoms with Gasteiger partial charge in [-0.05, 0) is 38.6 Å². The Balaban J connectivity index is 0.000000232. The number of carboxylic acid groups (broad SMARTS) is 2. The van der Waals surface area contributed by atoms with Crippen molar-refractivity contribution < 1.29 is 19.8 Å². The predicted octanol–water partition coefficient (Wildman–Crippen LogP) is 0.531. The molecule has 3 N–H and O–H groups in total. The van der Waals surface area contributed by atoms with Crippen molar-refractivity contribution >= 4 is 11.9 Å². The molecule has 1 aromatic heterocycles. The molecule has 0 bridgehead atoms. The first-order valence-electron chi connectivity index (χ1n) is 7.22. The number of nitrogens with zero attached hydrogens (tertiary/aromatic N) is 2. The summed E-state index contributed by atoms with van der Waals surface area (Å²) < 4.78 is 2.37. The van der Waals surface area contributed by atoms with Gasteiger partial charge in [-0.15, -0.1) is 0 Å². The van der Waals surface area contributed by atoms with Crippen molar-refractivity contribution in [2.45, 2.75) is 38.0 Å². The minimum atomic E-state index is -1.82. The summed E-state index contributed by atoms with van der Waals surface area (Å²) >= 11 is 0. The number of rotatable bonds is 1. The Morgan fingerprint density at radius 1 is 1.24 bits per heavy atom. The Hall–Kier alpha value is -1.89. The van der Waals surface area contributed by atoms with Crippen LogP contribution in [-0.4, -0.2) is 44.8 Å². The lowest BCUT2D eigenvalue weighted by atomic mass is 10.0. The Bertz CT molecular complexity index is 521. The van der Waals surface area contributed by atoms with Crippen LogP contribution in [0.5, 0.6) is 0 Å². The van der Waals surface area contributed by atoms with E-state index in [4.69, 9.17) is 24.8 Å². The smallest absolute Gasteiger partial charge is 0.414 e. The summed E-state index contributed by atoms with van der Waals surface area (Å²) in [5.74, 6) is -1.67. The molecule has 1 aliphatic carbocycles. The van der Waals surface area contributed by atoms with Crippen molar-refractivity contribution in [2.24, 2.45) is 7.05 Å². The molecule has 1 aliphatic heterocycles. The van der Waals surface area contributed by atoms with Crippen molar-refractivity contribution in [2.75, 3.05) is 13.1 Å². The molecule has 0 amide bonds. The van der Waals surface area contributed by atoms with Gasteiger partial charge in [-0.1, -0.05) is 0 Å². The zero-order valence-corrected chi connectivity index (χ0v) is 12.1. The standard InChI is InChI=1S/C12H19N3.C2H2O4/c1-15-11-5-3-2-4-10(11)14-12(15)9-6-7-13-8-9;3-1(4)2(5)6/h9,13H,2-8H2,1H3;(H,3,4)(H,5,6). The molecular formula is C14H21N3O4. The highest BCUT2D eigenvalue weighted by molar-refractivity contribution is 6.27. The fourth-order valence-corrected chi connectivity index (χ4v) is 2.95. The quantitative estimate of drug-likeness (QED) is 0.653. The first-order chi connectivity index (χ1) is 10.0. The fraction of sp³-hybridized carbons (Fsp3) is 0.643. The number of carboxylic acids is 2. The van der Waals surface area contributed by atoms with Crippen LogP contribution in [0.25, 0.3) is 0 Å². The maximum atomic E-state index is 9.10. The summed E-state index contributed by atoms with van der Waals surface area (Å²) in [5, 5.41) is 18.2.